The zero-order chi connectivity index (χ0) is 21.6. The highest BCUT2D eigenvalue weighted by Crippen LogP contribution is 2.20. The maximum Gasteiger partial charge on any atom is 0.409 e. The van der Waals surface area contributed by atoms with Crippen LogP contribution in [0.2, 0.25) is 0 Å². The Labute approximate surface area is 180 Å². The number of likely N-dealkylation sites (tertiary alicyclic amines) is 1. The molecule has 162 valence electrons. The fraction of sp³-hybridized carbons (Fsp3) is 0.400. The molecule has 1 aliphatic heterocycles. The Kier molecular flexibility index (Phi) is 7.33. The number of piperidine rings is 1. The molecular formula is C20H25N3O5S2. The molecule has 0 radical (unpaired) electrons. The Balaban J connectivity index is 1.46. The molecule has 0 unspecified atom stereocenters. The molecule has 8 nitrogen and oxygen atoms in total. The van der Waals surface area contributed by atoms with Crippen molar-refractivity contribution in [1.82, 2.24) is 10.2 Å². The van der Waals surface area contributed by atoms with Crippen molar-refractivity contribution in [1.29, 1.82) is 0 Å². The number of rotatable bonds is 7. The quantitative estimate of drug-likeness (QED) is 0.674. The Hall–Kier alpha value is -2.59. The van der Waals surface area contributed by atoms with Crippen molar-refractivity contribution in [3.8, 4) is 0 Å². The van der Waals surface area contributed by atoms with E-state index in [0.29, 0.717) is 38.2 Å². The van der Waals surface area contributed by atoms with Crippen LogP contribution in [0, 0.1) is 0 Å². The minimum absolute atomic E-state index is 0.0278. The summed E-state index contributed by atoms with van der Waals surface area (Å²) in [4.78, 5) is 25.7. The van der Waals surface area contributed by atoms with E-state index in [0.717, 1.165) is 16.9 Å². The van der Waals surface area contributed by atoms with Crippen LogP contribution in [0.5, 0.6) is 0 Å². The number of nitrogens with one attached hydrogen (secondary N) is 2. The number of ether oxygens (including phenoxy) is 1. The lowest BCUT2D eigenvalue weighted by molar-refractivity contribution is -0.121. The topological polar surface area (TPSA) is 105 Å². The van der Waals surface area contributed by atoms with Crippen molar-refractivity contribution < 1.29 is 22.7 Å². The van der Waals surface area contributed by atoms with Gasteiger partial charge in [-0.05, 0) is 48.9 Å². The van der Waals surface area contributed by atoms with Gasteiger partial charge in [0.05, 0.1) is 13.0 Å². The van der Waals surface area contributed by atoms with E-state index in [4.69, 9.17) is 4.74 Å². The highest BCUT2D eigenvalue weighted by Gasteiger charge is 2.24. The molecule has 2 aromatic rings. The third-order valence-corrected chi connectivity index (χ3v) is 7.50. The standard InChI is InChI=1S/C20H25N3O5S2/c1-2-28-20(25)23-11-9-16(10-12-23)21-18(24)14-15-5-7-17(8-6-15)22-30(26,27)19-4-3-13-29-19/h3-8,13,16,22H,2,9-12,14H2,1H3,(H,21,24). The number of anilines is 1. The SMILES string of the molecule is CCOC(=O)N1CCC(NC(=O)Cc2ccc(NS(=O)(=O)c3cccs3)cc2)CC1. The Bertz CT molecular complexity index is 951. The van der Waals surface area contributed by atoms with Crippen molar-refractivity contribution in [2.75, 3.05) is 24.4 Å². The van der Waals surface area contributed by atoms with Crippen LogP contribution in [0.1, 0.15) is 25.3 Å². The first kappa shape index (κ1) is 22.1. The maximum absolute atomic E-state index is 12.3. The fourth-order valence-corrected chi connectivity index (χ4v) is 5.25. The minimum atomic E-state index is -3.59. The number of hydrogen-bond donors (Lipinski definition) is 2. The van der Waals surface area contributed by atoms with Gasteiger partial charge in [-0.2, -0.15) is 0 Å². The first-order valence-corrected chi connectivity index (χ1v) is 12.1. The largest absolute Gasteiger partial charge is 0.450 e. The molecule has 0 bridgehead atoms. The van der Waals surface area contributed by atoms with E-state index in [1.807, 2.05) is 0 Å². The van der Waals surface area contributed by atoms with Gasteiger partial charge in [-0.3, -0.25) is 9.52 Å². The van der Waals surface area contributed by atoms with Gasteiger partial charge in [0.2, 0.25) is 5.91 Å². The summed E-state index contributed by atoms with van der Waals surface area (Å²) in [6.45, 7) is 3.24. The van der Waals surface area contributed by atoms with E-state index in [1.54, 1.807) is 53.6 Å². The third-order valence-electron chi connectivity index (χ3n) is 4.72. The second-order valence-electron chi connectivity index (χ2n) is 6.94. The Morgan fingerprint density at radius 2 is 1.87 bits per heavy atom. The van der Waals surface area contributed by atoms with Crippen LogP contribution in [0.15, 0.2) is 46.0 Å². The van der Waals surface area contributed by atoms with Gasteiger partial charge in [-0.15, -0.1) is 11.3 Å². The van der Waals surface area contributed by atoms with Gasteiger partial charge >= 0.3 is 6.09 Å². The second-order valence-corrected chi connectivity index (χ2v) is 9.80. The highest BCUT2D eigenvalue weighted by molar-refractivity contribution is 7.94. The lowest BCUT2D eigenvalue weighted by Gasteiger charge is -2.31. The van der Waals surface area contributed by atoms with E-state index in [-0.39, 0.29) is 28.7 Å². The summed E-state index contributed by atoms with van der Waals surface area (Å²) >= 11 is 1.15. The van der Waals surface area contributed by atoms with Crippen LogP contribution >= 0.6 is 11.3 Å². The fourth-order valence-electron chi connectivity index (χ4n) is 3.20. The van der Waals surface area contributed by atoms with Crippen molar-refractivity contribution in [3.05, 3.63) is 47.3 Å². The monoisotopic (exact) mass is 451 g/mol. The number of carbonyl (C=O) groups is 2. The summed E-state index contributed by atoms with van der Waals surface area (Å²) in [6, 6.07) is 10.0. The van der Waals surface area contributed by atoms with E-state index in [1.165, 1.54) is 0 Å². The molecule has 2 N–H and O–H groups in total. The summed E-state index contributed by atoms with van der Waals surface area (Å²) in [5.41, 5.74) is 1.23. The minimum Gasteiger partial charge on any atom is -0.450 e. The van der Waals surface area contributed by atoms with E-state index in [2.05, 4.69) is 10.0 Å². The van der Waals surface area contributed by atoms with Gasteiger partial charge in [0.25, 0.3) is 10.0 Å². The van der Waals surface area contributed by atoms with Crippen LogP contribution in [0.4, 0.5) is 10.5 Å². The average molecular weight is 452 g/mol. The molecule has 0 atom stereocenters. The van der Waals surface area contributed by atoms with Crippen molar-refractivity contribution >= 4 is 39.0 Å². The van der Waals surface area contributed by atoms with Gasteiger partial charge in [0.1, 0.15) is 4.21 Å². The molecule has 2 heterocycles. The molecule has 1 aromatic heterocycles. The predicted molar refractivity (Wildman–Crippen MR) is 115 cm³/mol. The molecular weight excluding hydrogens is 426 g/mol. The Morgan fingerprint density at radius 1 is 1.17 bits per heavy atom. The zero-order valence-electron chi connectivity index (χ0n) is 16.7. The number of carbonyl (C=O) groups excluding carboxylic acids is 2. The first-order valence-electron chi connectivity index (χ1n) is 9.73. The van der Waals surface area contributed by atoms with E-state index < -0.39 is 10.0 Å². The van der Waals surface area contributed by atoms with Gasteiger partial charge in [0, 0.05) is 24.8 Å². The molecule has 0 saturated carbocycles. The van der Waals surface area contributed by atoms with Gasteiger partial charge in [0.15, 0.2) is 0 Å². The van der Waals surface area contributed by atoms with Crippen molar-refractivity contribution in [2.45, 2.75) is 36.4 Å². The zero-order valence-corrected chi connectivity index (χ0v) is 18.3. The van der Waals surface area contributed by atoms with Crippen LogP contribution in [0.25, 0.3) is 0 Å². The molecule has 1 saturated heterocycles. The molecule has 2 amide bonds. The molecule has 1 aromatic carbocycles. The number of sulfonamides is 1. The van der Waals surface area contributed by atoms with E-state index >= 15 is 0 Å². The van der Waals surface area contributed by atoms with Crippen LogP contribution in [-0.2, 0) is 26.0 Å². The molecule has 3 rings (SSSR count). The van der Waals surface area contributed by atoms with Gasteiger partial charge in [-0.25, -0.2) is 13.2 Å². The number of nitrogens with zero attached hydrogens (tertiary/aromatic N) is 1. The third kappa shape index (κ3) is 5.96. The van der Waals surface area contributed by atoms with Gasteiger partial charge < -0.3 is 15.0 Å². The maximum atomic E-state index is 12.3. The van der Waals surface area contributed by atoms with Crippen LogP contribution in [-0.4, -0.2) is 51.1 Å². The molecule has 0 aliphatic carbocycles. The summed E-state index contributed by atoms with van der Waals surface area (Å²) in [5, 5.41) is 4.71. The van der Waals surface area contributed by atoms with Gasteiger partial charge in [-0.1, -0.05) is 18.2 Å². The first-order chi connectivity index (χ1) is 14.4. The van der Waals surface area contributed by atoms with Crippen molar-refractivity contribution in [2.24, 2.45) is 0 Å². The van der Waals surface area contributed by atoms with Crippen LogP contribution < -0.4 is 10.0 Å². The Morgan fingerprint density at radius 3 is 2.47 bits per heavy atom. The summed E-state index contributed by atoms with van der Waals surface area (Å²) in [5.74, 6) is -0.100. The van der Waals surface area contributed by atoms with Crippen molar-refractivity contribution in [3.63, 3.8) is 0 Å². The smallest absolute Gasteiger partial charge is 0.409 e. The summed E-state index contributed by atoms with van der Waals surface area (Å²) in [6.07, 6.45) is 1.27. The molecule has 1 fully saturated rings. The lowest BCUT2D eigenvalue weighted by Crippen LogP contribution is -2.47. The molecule has 1 aliphatic rings. The predicted octanol–water partition coefficient (Wildman–Crippen LogP) is 2.83. The normalized spacial score (nSPS) is 14.9. The van der Waals surface area contributed by atoms with Crippen LogP contribution in [0.3, 0.4) is 0 Å². The van der Waals surface area contributed by atoms with E-state index in [9.17, 15) is 18.0 Å². The molecule has 10 heteroatoms. The average Bonchev–Trinajstić information content (AvgIpc) is 3.26. The number of hydrogen-bond acceptors (Lipinski definition) is 6. The highest BCUT2D eigenvalue weighted by atomic mass is 32.2. The summed E-state index contributed by atoms with van der Waals surface area (Å²) < 4.78 is 32.3. The number of amides is 2. The summed E-state index contributed by atoms with van der Waals surface area (Å²) in [7, 11) is -3.59. The molecule has 0 spiro atoms. The number of thiophene rings is 1. The number of benzene rings is 1. The second kappa shape index (κ2) is 9.94. The molecule has 30 heavy (non-hydrogen) atoms. The lowest BCUT2D eigenvalue weighted by atomic mass is 10.0.